The van der Waals surface area contributed by atoms with Gasteiger partial charge in [-0.05, 0) is 37.8 Å². The van der Waals surface area contributed by atoms with Gasteiger partial charge in [0, 0.05) is 12.0 Å². The Morgan fingerprint density at radius 3 is 2.43 bits per heavy atom. The fraction of sp³-hybridized carbons (Fsp3) is 0.467. The van der Waals surface area contributed by atoms with Crippen molar-refractivity contribution in [2.75, 3.05) is 12.4 Å². The zero-order chi connectivity index (χ0) is 15.4. The SMILES string of the molecule is COc1ccc(Cl)c(NC(=O)C2CCC(C(=O)O)CC2)c1. The summed E-state index contributed by atoms with van der Waals surface area (Å²) in [5, 5.41) is 12.2. The van der Waals surface area contributed by atoms with Crippen LogP contribution in [0.15, 0.2) is 18.2 Å². The van der Waals surface area contributed by atoms with Gasteiger partial charge in [-0.3, -0.25) is 9.59 Å². The lowest BCUT2D eigenvalue weighted by atomic mass is 9.81. The van der Waals surface area contributed by atoms with Gasteiger partial charge in [-0.1, -0.05) is 11.6 Å². The van der Waals surface area contributed by atoms with Gasteiger partial charge in [0.15, 0.2) is 0 Å². The number of carbonyl (C=O) groups excluding carboxylic acids is 1. The van der Waals surface area contributed by atoms with Crippen molar-refractivity contribution in [2.24, 2.45) is 11.8 Å². The minimum Gasteiger partial charge on any atom is -0.497 e. The van der Waals surface area contributed by atoms with E-state index in [2.05, 4.69) is 5.32 Å². The van der Waals surface area contributed by atoms with Gasteiger partial charge in [-0.15, -0.1) is 0 Å². The largest absolute Gasteiger partial charge is 0.497 e. The van der Waals surface area contributed by atoms with Crippen LogP contribution in [-0.4, -0.2) is 24.1 Å². The monoisotopic (exact) mass is 311 g/mol. The topological polar surface area (TPSA) is 75.6 Å². The Balaban J connectivity index is 1.98. The molecule has 2 rings (SSSR count). The van der Waals surface area contributed by atoms with E-state index < -0.39 is 5.97 Å². The van der Waals surface area contributed by atoms with Crippen LogP contribution in [0.1, 0.15) is 25.7 Å². The van der Waals surface area contributed by atoms with Crippen LogP contribution in [-0.2, 0) is 9.59 Å². The fourth-order valence-corrected chi connectivity index (χ4v) is 2.73. The first kappa shape index (κ1) is 15.6. The van der Waals surface area contributed by atoms with E-state index in [0.717, 1.165) is 0 Å². The molecule has 21 heavy (non-hydrogen) atoms. The minimum absolute atomic E-state index is 0.117. The molecule has 0 spiro atoms. The second-order valence-corrected chi connectivity index (χ2v) is 5.63. The summed E-state index contributed by atoms with van der Waals surface area (Å²) in [5.74, 6) is -0.764. The van der Waals surface area contributed by atoms with Gasteiger partial charge in [-0.25, -0.2) is 0 Å². The number of amides is 1. The molecule has 1 fully saturated rings. The molecule has 1 aliphatic carbocycles. The lowest BCUT2D eigenvalue weighted by Gasteiger charge is -2.25. The highest BCUT2D eigenvalue weighted by Gasteiger charge is 2.29. The van der Waals surface area contributed by atoms with Gasteiger partial charge >= 0.3 is 5.97 Å². The summed E-state index contributed by atoms with van der Waals surface area (Å²) >= 11 is 6.05. The van der Waals surface area contributed by atoms with E-state index >= 15 is 0 Å². The molecule has 0 heterocycles. The molecule has 1 aromatic rings. The number of methoxy groups -OCH3 is 1. The molecule has 0 bridgehead atoms. The van der Waals surface area contributed by atoms with Crippen molar-refractivity contribution in [3.05, 3.63) is 23.2 Å². The second-order valence-electron chi connectivity index (χ2n) is 5.22. The van der Waals surface area contributed by atoms with Crippen molar-refractivity contribution in [1.82, 2.24) is 0 Å². The van der Waals surface area contributed by atoms with Crippen LogP contribution in [0.2, 0.25) is 5.02 Å². The quantitative estimate of drug-likeness (QED) is 0.895. The molecule has 6 heteroatoms. The summed E-state index contributed by atoms with van der Waals surface area (Å²) in [6.45, 7) is 0. The molecular weight excluding hydrogens is 294 g/mol. The minimum atomic E-state index is -0.773. The number of hydrogen-bond donors (Lipinski definition) is 2. The summed E-state index contributed by atoms with van der Waals surface area (Å²) in [4.78, 5) is 23.1. The summed E-state index contributed by atoms with van der Waals surface area (Å²) in [6, 6.07) is 5.05. The zero-order valence-corrected chi connectivity index (χ0v) is 12.5. The lowest BCUT2D eigenvalue weighted by Crippen LogP contribution is -2.29. The van der Waals surface area contributed by atoms with E-state index in [-0.39, 0.29) is 17.7 Å². The van der Waals surface area contributed by atoms with E-state index in [1.807, 2.05) is 0 Å². The van der Waals surface area contributed by atoms with Gasteiger partial charge < -0.3 is 15.2 Å². The first-order chi connectivity index (χ1) is 10.0. The maximum Gasteiger partial charge on any atom is 0.306 e. The van der Waals surface area contributed by atoms with Crippen LogP contribution in [0.4, 0.5) is 5.69 Å². The average Bonchev–Trinajstić information content (AvgIpc) is 2.49. The van der Waals surface area contributed by atoms with Crippen LogP contribution in [0.25, 0.3) is 0 Å². The number of aliphatic carboxylic acids is 1. The van der Waals surface area contributed by atoms with Crippen LogP contribution in [0.3, 0.4) is 0 Å². The van der Waals surface area contributed by atoms with Crippen molar-refractivity contribution < 1.29 is 19.4 Å². The van der Waals surface area contributed by atoms with Crippen molar-refractivity contribution in [1.29, 1.82) is 0 Å². The lowest BCUT2D eigenvalue weighted by molar-refractivity contribution is -0.143. The molecule has 5 nitrogen and oxygen atoms in total. The molecule has 1 aliphatic rings. The van der Waals surface area contributed by atoms with E-state index in [0.29, 0.717) is 42.1 Å². The molecular formula is C15H18ClNO4. The number of carbonyl (C=O) groups is 2. The molecule has 0 atom stereocenters. The molecule has 2 N–H and O–H groups in total. The molecule has 1 amide bonds. The molecule has 1 aromatic carbocycles. The molecule has 0 aliphatic heterocycles. The first-order valence-electron chi connectivity index (χ1n) is 6.88. The van der Waals surface area contributed by atoms with Crippen molar-refractivity contribution in [2.45, 2.75) is 25.7 Å². The predicted octanol–water partition coefficient (Wildman–Crippen LogP) is 3.18. The highest BCUT2D eigenvalue weighted by molar-refractivity contribution is 6.33. The van der Waals surface area contributed by atoms with Gasteiger partial charge in [0.2, 0.25) is 5.91 Å². The van der Waals surface area contributed by atoms with Crippen molar-refractivity contribution >= 4 is 29.2 Å². The number of benzene rings is 1. The van der Waals surface area contributed by atoms with Gasteiger partial charge in [0.05, 0.1) is 23.7 Å². The first-order valence-corrected chi connectivity index (χ1v) is 7.26. The Labute approximate surface area is 128 Å². The third-order valence-electron chi connectivity index (χ3n) is 3.88. The standard InChI is InChI=1S/C15H18ClNO4/c1-21-11-6-7-12(16)13(8-11)17-14(18)9-2-4-10(5-3-9)15(19)20/h6-10H,2-5H2,1H3,(H,17,18)(H,19,20). The third kappa shape index (κ3) is 3.88. The van der Waals surface area contributed by atoms with Gasteiger partial charge in [-0.2, -0.15) is 0 Å². The van der Waals surface area contributed by atoms with E-state index in [4.69, 9.17) is 21.4 Å². The number of hydrogen-bond acceptors (Lipinski definition) is 3. The molecule has 0 unspecified atom stereocenters. The summed E-state index contributed by atoms with van der Waals surface area (Å²) in [7, 11) is 1.54. The second kappa shape index (κ2) is 6.80. The van der Waals surface area contributed by atoms with E-state index in [1.54, 1.807) is 25.3 Å². The third-order valence-corrected chi connectivity index (χ3v) is 4.21. The molecule has 1 saturated carbocycles. The highest BCUT2D eigenvalue weighted by atomic mass is 35.5. The summed E-state index contributed by atoms with van der Waals surface area (Å²) in [6.07, 6.45) is 2.26. The smallest absolute Gasteiger partial charge is 0.306 e. The number of halogens is 1. The Bertz CT molecular complexity index is 538. The highest BCUT2D eigenvalue weighted by Crippen LogP contribution is 2.32. The average molecular weight is 312 g/mol. The van der Waals surface area contributed by atoms with Crippen LogP contribution < -0.4 is 10.1 Å². The van der Waals surface area contributed by atoms with E-state index in [1.165, 1.54) is 0 Å². The van der Waals surface area contributed by atoms with Crippen molar-refractivity contribution in [3.8, 4) is 5.75 Å². The number of rotatable bonds is 4. The summed E-state index contributed by atoms with van der Waals surface area (Å²) in [5.41, 5.74) is 0.515. The Morgan fingerprint density at radius 1 is 1.24 bits per heavy atom. The fourth-order valence-electron chi connectivity index (χ4n) is 2.56. The van der Waals surface area contributed by atoms with Crippen LogP contribution >= 0.6 is 11.6 Å². The van der Waals surface area contributed by atoms with Gasteiger partial charge in [0.1, 0.15) is 5.75 Å². The van der Waals surface area contributed by atoms with Gasteiger partial charge in [0.25, 0.3) is 0 Å². The number of carboxylic acids is 1. The number of ether oxygens (including phenoxy) is 1. The zero-order valence-electron chi connectivity index (χ0n) is 11.8. The van der Waals surface area contributed by atoms with E-state index in [9.17, 15) is 9.59 Å². The Morgan fingerprint density at radius 2 is 1.86 bits per heavy atom. The van der Waals surface area contributed by atoms with Crippen molar-refractivity contribution in [3.63, 3.8) is 0 Å². The Kier molecular flexibility index (Phi) is 5.07. The van der Waals surface area contributed by atoms with Crippen LogP contribution in [0, 0.1) is 11.8 Å². The predicted molar refractivity (Wildman–Crippen MR) is 79.7 cm³/mol. The molecule has 114 valence electrons. The number of anilines is 1. The molecule has 0 aromatic heterocycles. The number of nitrogens with one attached hydrogen (secondary N) is 1. The maximum atomic E-state index is 12.2. The molecule has 0 saturated heterocycles. The van der Waals surface area contributed by atoms with Crippen LogP contribution in [0.5, 0.6) is 5.75 Å². The summed E-state index contributed by atoms with van der Waals surface area (Å²) < 4.78 is 5.10. The number of carboxylic acid groups (broad SMARTS) is 1. The maximum absolute atomic E-state index is 12.2. The normalized spacial score (nSPS) is 21.6. The Hall–Kier alpha value is -1.75. The molecule has 0 radical (unpaired) electrons.